The van der Waals surface area contributed by atoms with Crippen LogP contribution in [0, 0.1) is 5.82 Å². The number of rotatable bonds is 4. The fraction of sp³-hybridized carbons (Fsp3) is 0.600. The van der Waals surface area contributed by atoms with Crippen LogP contribution in [-0.4, -0.2) is 39.1 Å². The van der Waals surface area contributed by atoms with Gasteiger partial charge >= 0.3 is 0 Å². The number of halogens is 1. The fourth-order valence-corrected chi connectivity index (χ4v) is 4.53. The Morgan fingerprint density at radius 1 is 1.48 bits per heavy atom. The van der Waals surface area contributed by atoms with E-state index in [2.05, 4.69) is 5.32 Å². The fourth-order valence-electron chi connectivity index (χ4n) is 2.97. The molecule has 1 heterocycles. The predicted molar refractivity (Wildman–Crippen MR) is 84.0 cm³/mol. The van der Waals surface area contributed by atoms with Gasteiger partial charge in [-0.3, -0.25) is 0 Å². The third kappa shape index (κ3) is 3.55. The van der Waals surface area contributed by atoms with Crippen molar-refractivity contribution >= 4 is 15.5 Å². The second kappa shape index (κ2) is 6.32. The van der Waals surface area contributed by atoms with E-state index in [4.69, 9.17) is 0 Å². The summed E-state index contributed by atoms with van der Waals surface area (Å²) in [5.41, 5.74) is 1.41. The van der Waals surface area contributed by atoms with Gasteiger partial charge in [0, 0.05) is 29.9 Å². The van der Waals surface area contributed by atoms with E-state index in [1.165, 1.54) is 6.07 Å². The molecule has 21 heavy (non-hydrogen) atoms. The molecule has 0 saturated carbocycles. The molecule has 1 fully saturated rings. The van der Waals surface area contributed by atoms with Crippen LogP contribution in [0.5, 0.6) is 0 Å². The van der Waals surface area contributed by atoms with E-state index >= 15 is 0 Å². The van der Waals surface area contributed by atoms with E-state index < -0.39 is 9.84 Å². The molecule has 1 N–H and O–H groups in total. The summed E-state index contributed by atoms with van der Waals surface area (Å²) in [7, 11) is -2.98. The number of sulfone groups is 1. The van der Waals surface area contributed by atoms with Crippen molar-refractivity contribution < 1.29 is 12.8 Å². The zero-order valence-electron chi connectivity index (χ0n) is 12.8. The van der Waals surface area contributed by atoms with Gasteiger partial charge in [-0.15, -0.1) is 0 Å². The van der Waals surface area contributed by atoms with Crippen LogP contribution in [0.2, 0.25) is 0 Å². The highest BCUT2D eigenvalue weighted by atomic mass is 32.2. The average molecular weight is 314 g/mol. The molecule has 0 radical (unpaired) electrons. The van der Waals surface area contributed by atoms with Crippen LogP contribution in [0.1, 0.15) is 32.4 Å². The molecule has 0 spiro atoms. The number of hydrogen-bond donors (Lipinski definition) is 1. The quantitative estimate of drug-likeness (QED) is 0.925. The minimum atomic E-state index is -2.98. The number of nitrogens with one attached hydrogen (secondary N) is 1. The zero-order valence-corrected chi connectivity index (χ0v) is 13.6. The summed E-state index contributed by atoms with van der Waals surface area (Å²) in [5, 5.41) is 3.23. The Balaban J connectivity index is 2.38. The lowest BCUT2D eigenvalue weighted by atomic mass is 10.0. The number of anilines is 1. The van der Waals surface area contributed by atoms with Crippen molar-refractivity contribution in [2.75, 3.05) is 29.5 Å². The van der Waals surface area contributed by atoms with Gasteiger partial charge in [-0.25, -0.2) is 12.8 Å². The first kappa shape index (κ1) is 16.2. The topological polar surface area (TPSA) is 49.4 Å². The molecule has 1 aromatic carbocycles. The van der Waals surface area contributed by atoms with Crippen molar-refractivity contribution in [2.24, 2.45) is 0 Å². The molecule has 6 heteroatoms. The van der Waals surface area contributed by atoms with E-state index in [1.807, 2.05) is 31.7 Å². The van der Waals surface area contributed by atoms with E-state index in [-0.39, 0.29) is 29.4 Å². The summed E-state index contributed by atoms with van der Waals surface area (Å²) in [6.45, 7) is 6.95. The van der Waals surface area contributed by atoms with Gasteiger partial charge < -0.3 is 10.2 Å². The van der Waals surface area contributed by atoms with Crippen molar-refractivity contribution in [3.8, 4) is 0 Å². The first-order valence-corrected chi connectivity index (χ1v) is 9.16. The lowest BCUT2D eigenvalue weighted by molar-refractivity contribution is 0.533. The summed E-state index contributed by atoms with van der Waals surface area (Å²) in [5.74, 6) is 0.00287. The van der Waals surface area contributed by atoms with Crippen LogP contribution in [0.3, 0.4) is 0 Å². The summed E-state index contributed by atoms with van der Waals surface area (Å²) < 4.78 is 37.7. The standard InChI is InChI=1S/C15H23FN2O2S/c1-4-17-12(3)15-13(16)6-5-7-14(15)18-8-9-21(19,20)10-11(18)2/h5-7,11-12,17H,4,8-10H2,1-3H3. The van der Waals surface area contributed by atoms with Gasteiger partial charge in [0.05, 0.1) is 11.5 Å². The monoisotopic (exact) mass is 314 g/mol. The zero-order chi connectivity index (χ0) is 15.6. The van der Waals surface area contributed by atoms with E-state index in [0.29, 0.717) is 12.1 Å². The Kier molecular flexibility index (Phi) is 4.88. The number of benzene rings is 1. The molecular weight excluding hydrogens is 291 g/mol. The number of nitrogens with zero attached hydrogens (tertiary/aromatic N) is 1. The van der Waals surface area contributed by atoms with Crippen LogP contribution < -0.4 is 10.2 Å². The highest BCUT2D eigenvalue weighted by Crippen LogP contribution is 2.31. The van der Waals surface area contributed by atoms with Crippen LogP contribution in [-0.2, 0) is 9.84 Å². The molecule has 0 amide bonds. The molecule has 2 unspecified atom stereocenters. The smallest absolute Gasteiger partial charge is 0.154 e. The lowest BCUT2D eigenvalue weighted by Gasteiger charge is -2.37. The van der Waals surface area contributed by atoms with E-state index in [9.17, 15) is 12.8 Å². The Hall–Kier alpha value is -1.14. The maximum atomic E-state index is 14.3. The molecule has 1 aliphatic heterocycles. The van der Waals surface area contributed by atoms with Crippen LogP contribution in [0.4, 0.5) is 10.1 Å². The molecule has 1 saturated heterocycles. The van der Waals surface area contributed by atoms with Crippen molar-refractivity contribution in [1.82, 2.24) is 5.32 Å². The highest BCUT2D eigenvalue weighted by Gasteiger charge is 2.30. The Labute approximate surface area is 126 Å². The molecule has 2 atom stereocenters. The largest absolute Gasteiger partial charge is 0.366 e. The van der Waals surface area contributed by atoms with Crippen molar-refractivity contribution in [3.63, 3.8) is 0 Å². The lowest BCUT2D eigenvalue weighted by Crippen LogP contribution is -2.47. The molecule has 4 nitrogen and oxygen atoms in total. The minimum Gasteiger partial charge on any atom is -0.366 e. The molecule has 0 bridgehead atoms. The summed E-state index contributed by atoms with van der Waals surface area (Å²) in [4.78, 5) is 2.01. The van der Waals surface area contributed by atoms with Crippen molar-refractivity contribution in [3.05, 3.63) is 29.6 Å². The second-order valence-electron chi connectivity index (χ2n) is 5.61. The maximum absolute atomic E-state index is 14.3. The Bertz CT molecular complexity index is 604. The summed E-state index contributed by atoms with van der Waals surface area (Å²) in [6.07, 6.45) is 0. The van der Waals surface area contributed by atoms with Crippen LogP contribution in [0.25, 0.3) is 0 Å². The van der Waals surface area contributed by atoms with Crippen molar-refractivity contribution in [1.29, 1.82) is 0 Å². The van der Waals surface area contributed by atoms with Gasteiger partial charge in [-0.05, 0) is 32.5 Å². The third-order valence-electron chi connectivity index (χ3n) is 3.95. The van der Waals surface area contributed by atoms with Crippen molar-refractivity contribution in [2.45, 2.75) is 32.9 Å². The first-order valence-electron chi connectivity index (χ1n) is 7.34. The molecule has 1 aromatic rings. The Morgan fingerprint density at radius 3 is 2.81 bits per heavy atom. The normalized spacial score (nSPS) is 23.0. The molecule has 0 aliphatic carbocycles. The van der Waals surface area contributed by atoms with Gasteiger partial charge in [-0.2, -0.15) is 0 Å². The minimum absolute atomic E-state index is 0.114. The van der Waals surface area contributed by atoms with Gasteiger partial charge in [0.15, 0.2) is 9.84 Å². The maximum Gasteiger partial charge on any atom is 0.154 e. The number of hydrogen-bond acceptors (Lipinski definition) is 4. The van der Waals surface area contributed by atoms with Gasteiger partial charge in [0.1, 0.15) is 5.82 Å². The summed E-state index contributed by atoms with van der Waals surface area (Å²) >= 11 is 0. The van der Waals surface area contributed by atoms with Gasteiger partial charge in [-0.1, -0.05) is 13.0 Å². The van der Waals surface area contributed by atoms with E-state index in [0.717, 1.165) is 12.2 Å². The van der Waals surface area contributed by atoms with Gasteiger partial charge in [0.25, 0.3) is 0 Å². The predicted octanol–water partition coefficient (Wildman–Crippen LogP) is 2.12. The third-order valence-corrected chi connectivity index (χ3v) is 5.75. The molecular formula is C15H23FN2O2S. The highest BCUT2D eigenvalue weighted by molar-refractivity contribution is 7.91. The van der Waals surface area contributed by atoms with E-state index in [1.54, 1.807) is 6.07 Å². The second-order valence-corrected chi connectivity index (χ2v) is 7.84. The molecule has 2 rings (SSSR count). The average Bonchev–Trinajstić information content (AvgIpc) is 2.37. The van der Waals surface area contributed by atoms with Crippen LogP contribution in [0.15, 0.2) is 18.2 Å². The molecule has 1 aliphatic rings. The first-order chi connectivity index (χ1) is 9.85. The molecule has 118 valence electrons. The summed E-state index contributed by atoms with van der Waals surface area (Å²) in [6, 6.07) is 4.76. The molecule has 0 aromatic heterocycles. The van der Waals surface area contributed by atoms with Crippen LogP contribution >= 0.6 is 0 Å². The Morgan fingerprint density at radius 2 is 2.19 bits per heavy atom. The SMILES string of the molecule is CCNC(C)c1c(F)cccc1N1CCS(=O)(=O)CC1C. The van der Waals surface area contributed by atoms with Gasteiger partial charge in [0.2, 0.25) is 0 Å².